The highest BCUT2D eigenvalue weighted by molar-refractivity contribution is 4.99. The van der Waals surface area contributed by atoms with Gasteiger partial charge in [-0.1, -0.05) is 0 Å². The van der Waals surface area contributed by atoms with Crippen LogP contribution in [0.4, 0.5) is 0 Å². The maximum absolute atomic E-state index is 11.2. The van der Waals surface area contributed by atoms with Gasteiger partial charge in [-0.05, 0) is 25.8 Å². The van der Waals surface area contributed by atoms with Gasteiger partial charge >= 0.3 is 0 Å². The maximum Gasteiger partial charge on any atom is 0.187 e. The molecule has 364 valence electrons. The molecule has 27 heteroatoms. The molecule has 5 heterocycles. The zero-order valence-corrected chi connectivity index (χ0v) is 33.3. The zero-order valence-electron chi connectivity index (χ0n) is 33.3. The SMILES string of the molecule is NCCCCCO[C@@H]1OC(CO)[C@@H](O[C@H]2OC(CO)[C@H](O[C@H]3OC(CO)[C@@H](O[C@@H]4OC(CO)[C@@H](O[C@@H]5OC(CO)[C@@H](O)[C@H](O)C5O)[C@H](O)C4O)[C@H](O)C3O)[C@H](O)C2O)[C@H](O)C1O. The predicted octanol–water partition coefficient (Wildman–Crippen LogP) is -10.8. The Bertz CT molecular complexity index is 1310. The fourth-order valence-corrected chi connectivity index (χ4v) is 7.78. The van der Waals surface area contributed by atoms with Crippen molar-refractivity contribution >= 4 is 0 Å². The van der Waals surface area contributed by atoms with Crippen LogP contribution in [0.15, 0.2) is 0 Å². The number of hydrogen-bond acceptors (Lipinski definition) is 27. The van der Waals surface area contributed by atoms with Crippen molar-refractivity contribution in [3.63, 3.8) is 0 Å². The maximum atomic E-state index is 11.2. The lowest BCUT2D eigenvalue weighted by molar-refractivity contribution is -0.393. The first-order chi connectivity index (χ1) is 29.6. The Hall–Kier alpha value is -1.08. The summed E-state index contributed by atoms with van der Waals surface area (Å²) in [5.41, 5.74) is 5.48. The molecule has 18 N–H and O–H groups in total. The fourth-order valence-electron chi connectivity index (χ4n) is 7.78. The van der Waals surface area contributed by atoms with Crippen LogP contribution >= 0.6 is 0 Å². The second kappa shape index (κ2) is 23.6. The third-order valence-electron chi connectivity index (χ3n) is 11.4. The molecule has 25 atom stereocenters. The lowest BCUT2D eigenvalue weighted by Crippen LogP contribution is -2.68. The van der Waals surface area contributed by atoms with Gasteiger partial charge in [0, 0.05) is 6.61 Å². The molecule has 62 heavy (non-hydrogen) atoms. The Balaban J connectivity index is 1.19. The second-order valence-corrected chi connectivity index (χ2v) is 15.6. The van der Waals surface area contributed by atoms with Gasteiger partial charge in [0.2, 0.25) is 0 Å². The zero-order chi connectivity index (χ0) is 45.6. The number of aliphatic hydroxyl groups excluding tert-OH is 16. The lowest BCUT2D eigenvalue weighted by Gasteiger charge is -2.49. The van der Waals surface area contributed by atoms with Crippen LogP contribution in [0.5, 0.6) is 0 Å². The van der Waals surface area contributed by atoms with E-state index in [2.05, 4.69) is 0 Å². The number of aliphatic hydroxyl groups is 16. The van der Waals surface area contributed by atoms with Gasteiger partial charge in [0.05, 0.1) is 33.0 Å². The standard InChI is InChI=1S/C35H63NO26/c36-4-2-1-3-5-53-31-23(49)18(44)27(12(7-38)55-31)60-33-25(51)20(46)29(14(9-40)57-33)62-35-26(52)21(47)30(15(10-41)58-35)61-34-24(50)19(45)28(13(8-39)56-34)59-32-22(48)17(43)16(42)11(6-37)54-32/h11-35,37-52H,1-10,36H2/t11?,12?,13?,14?,15?,16-,17+,18-,19-,20-,21-,22?,23?,24?,25?,26?,27-,28-,29+,30-,31-,32+,33-,34+,35-/m1/s1. The number of rotatable bonds is 19. The predicted molar refractivity (Wildman–Crippen MR) is 193 cm³/mol. The molecule has 0 amide bonds. The highest BCUT2D eigenvalue weighted by atomic mass is 16.8. The van der Waals surface area contributed by atoms with Crippen molar-refractivity contribution in [1.29, 1.82) is 0 Å². The van der Waals surface area contributed by atoms with Gasteiger partial charge in [-0.15, -0.1) is 0 Å². The van der Waals surface area contributed by atoms with Crippen LogP contribution < -0.4 is 5.73 Å². The van der Waals surface area contributed by atoms with Crippen molar-refractivity contribution in [2.24, 2.45) is 5.73 Å². The molecule has 0 aromatic rings. The molecule has 5 rings (SSSR count). The summed E-state index contributed by atoms with van der Waals surface area (Å²) in [4.78, 5) is 0. The molecule has 5 fully saturated rings. The van der Waals surface area contributed by atoms with Crippen molar-refractivity contribution in [3.8, 4) is 0 Å². The van der Waals surface area contributed by atoms with Crippen molar-refractivity contribution in [3.05, 3.63) is 0 Å². The van der Waals surface area contributed by atoms with Gasteiger partial charge < -0.3 is 135 Å². The van der Waals surface area contributed by atoms with E-state index in [-0.39, 0.29) is 6.61 Å². The number of nitrogens with two attached hydrogens (primary N) is 1. The van der Waals surface area contributed by atoms with Crippen LogP contribution in [-0.2, 0) is 47.4 Å². The molecule has 0 aromatic heterocycles. The Labute approximate surface area is 353 Å². The third-order valence-corrected chi connectivity index (χ3v) is 11.4. The lowest BCUT2D eigenvalue weighted by atomic mass is 9.95. The minimum absolute atomic E-state index is 0.139. The summed E-state index contributed by atoms with van der Waals surface area (Å²) in [5.74, 6) is 0. The number of unbranched alkanes of at least 4 members (excludes halogenated alkanes) is 2. The van der Waals surface area contributed by atoms with Crippen molar-refractivity contribution in [2.45, 2.75) is 173 Å². The van der Waals surface area contributed by atoms with Crippen LogP contribution in [0, 0.1) is 0 Å². The van der Waals surface area contributed by atoms with Crippen LogP contribution in [0.1, 0.15) is 19.3 Å². The van der Waals surface area contributed by atoms with Gasteiger partial charge in [0.15, 0.2) is 31.5 Å². The molecule has 0 aromatic carbocycles. The van der Waals surface area contributed by atoms with Crippen LogP contribution in [-0.4, -0.2) is 281 Å². The summed E-state index contributed by atoms with van der Waals surface area (Å²) in [6.07, 6.45) is -42.6. The molecule has 27 nitrogen and oxygen atoms in total. The van der Waals surface area contributed by atoms with Gasteiger partial charge in [0.25, 0.3) is 0 Å². The monoisotopic (exact) mass is 913 g/mol. The Kier molecular flexibility index (Phi) is 19.7. The molecule has 0 saturated carbocycles. The van der Waals surface area contributed by atoms with E-state index in [1.54, 1.807) is 0 Å². The number of hydrogen-bond donors (Lipinski definition) is 17. The average Bonchev–Trinajstić information content (AvgIpc) is 3.27. The Morgan fingerprint density at radius 1 is 0.323 bits per heavy atom. The number of ether oxygens (including phenoxy) is 10. The molecule has 0 bridgehead atoms. The fraction of sp³-hybridized carbons (Fsp3) is 1.00. The summed E-state index contributed by atoms with van der Waals surface area (Å²) in [5, 5.41) is 168. The molecular formula is C35H63NO26. The minimum Gasteiger partial charge on any atom is -0.394 e. The highest BCUT2D eigenvalue weighted by Crippen LogP contribution is 2.35. The summed E-state index contributed by atoms with van der Waals surface area (Å²) in [6, 6.07) is 0. The van der Waals surface area contributed by atoms with Crippen molar-refractivity contribution in [2.75, 3.05) is 46.2 Å². The summed E-state index contributed by atoms with van der Waals surface area (Å²) < 4.78 is 55.8. The first-order valence-electron chi connectivity index (χ1n) is 20.3. The van der Waals surface area contributed by atoms with E-state index in [0.29, 0.717) is 13.0 Å². The highest BCUT2D eigenvalue weighted by Gasteiger charge is 2.56. The van der Waals surface area contributed by atoms with Crippen molar-refractivity contribution in [1.82, 2.24) is 0 Å². The van der Waals surface area contributed by atoms with Crippen molar-refractivity contribution < 1.29 is 129 Å². The van der Waals surface area contributed by atoms with E-state index in [9.17, 15) is 81.7 Å². The molecule has 5 saturated heterocycles. The largest absolute Gasteiger partial charge is 0.394 e. The summed E-state index contributed by atoms with van der Waals surface area (Å²) >= 11 is 0. The van der Waals surface area contributed by atoms with Crippen LogP contribution in [0.25, 0.3) is 0 Å². The molecule has 10 unspecified atom stereocenters. The molecule has 5 aliphatic rings. The Morgan fingerprint density at radius 2 is 0.613 bits per heavy atom. The van der Waals surface area contributed by atoms with Gasteiger partial charge in [-0.25, -0.2) is 0 Å². The molecule has 0 radical (unpaired) electrons. The van der Waals surface area contributed by atoms with E-state index >= 15 is 0 Å². The Morgan fingerprint density at radius 3 is 0.935 bits per heavy atom. The van der Waals surface area contributed by atoms with E-state index in [0.717, 1.165) is 12.8 Å². The van der Waals surface area contributed by atoms with Crippen LogP contribution in [0.2, 0.25) is 0 Å². The van der Waals surface area contributed by atoms with Gasteiger partial charge in [0.1, 0.15) is 122 Å². The average molecular weight is 914 g/mol. The third kappa shape index (κ3) is 11.4. The minimum atomic E-state index is -2.11. The summed E-state index contributed by atoms with van der Waals surface area (Å²) in [6.45, 7) is -3.78. The normalized spacial score (nSPS) is 49.2. The molecule has 0 spiro atoms. The van der Waals surface area contributed by atoms with Gasteiger partial charge in [-0.3, -0.25) is 0 Å². The first-order valence-corrected chi connectivity index (χ1v) is 20.3. The summed E-state index contributed by atoms with van der Waals surface area (Å²) in [7, 11) is 0. The van der Waals surface area contributed by atoms with Gasteiger partial charge in [-0.2, -0.15) is 0 Å². The molecule has 0 aliphatic carbocycles. The van der Waals surface area contributed by atoms with E-state index in [1.807, 2.05) is 0 Å². The van der Waals surface area contributed by atoms with Crippen LogP contribution in [0.3, 0.4) is 0 Å². The quantitative estimate of drug-likeness (QED) is 0.0535. The second-order valence-electron chi connectivity index (χ2n) is 15.6. The first kappa shape index (κ1) is 51.9. The topological polar surface area (TPSA) is 442 Å². The molecule has 5 aliphatic heterocycles. The smallest absolute Gasteiger partial charge is 0.187 e. The van der Waals surface area contributed by atoms with E-state index < -0.39 is 187 Å². The molecular weight excluding hydrogens is 850 g/mol. The van der Waals surface area contributed by atoms with E-state index in [4.69, 9.17) is 53.1 Å². The van der Waals surface area contributed by atoms with E-state index in [1.165, 1.54) is 0 Å².